The third kappa shape index (κ3) is 3.61. The van der Waals surface area contributed by atoms with E-state index in [4.69, 9.17) is 16.1 Å². The van der Waals surface area contributed by atoms with E-state index in [2.05, 4.69) is 10.1 Å². The Bertz CT molecular complexity index is 699. The standard InChI is InChI=1S/C18H22ClN3O2/c1-3-12(2)18(23)22-10-4-5-14(11-22)17-20-16(21-24-17)13-6-8-15(19)9-7-13/h6-9,12,14H,3-5,10-11H2,1-2H3/t12-,14-/m0/s1. The molecule has 1 amide bonds. The maximum Gasteiger partial charge on any atom is 0.231 e. The number of aromatic nitrogens is 2. The highest BCUT2D eigenvalue weighted by Gasteiger charge is 2.30. The van der Waals surface area contributed by atoms with Crippen LogP contribution in [0.1, 0.15) is 44.9 Å². The van der Waals surface area contributed by atoms with E-state index in [1.54, 1.807) is 12.1 Å². The summed E-state index contributed by atoms with van der Waals surface area (Å²) in [7, 11) is 0. The van der Waals surface area contributed by atoms with E-state index in [0.717, 1.165) is 31.4 Å². The molecule has 0 unspecified atom stereocenters. The largest absolute Gasteiger partial charge is 0.342 e. The van der Waals surface area contributed by atoms with Gasteiger partial charge in [0.1, 0.15) is 0 Å². The van der Waals surface area contributed by atoms with Crippen LogP contribution in [-0.4, -0.2) is 34.0 Å². The number of benzene rings is 1. The molecule has 0 spiro atoms. The van der Waals surface area contributed by atoms with Gasteiger partial charge in [-0.25, -0.2) is 0 Å². The molecule has 1 saturated heterocycles. The number of hydrogen-bond acceptors (Lipinski definition) is 4. The van der Waals surface area contributed by atoms with Gasteiger partial charge in [-0.15, -0.1) is 0 Å². The summed E-state index contributed by atoms with van der Waals surface area (Å²) in [5, 5.41) is 4.75. The van der Waals surface area contributed by atoms with E-state index in [-0.39, 0.29) is 17.7 Å². The Hall–Kier alpha value is -1.88. The van der Waals surface area contributed by atoms with Crippen LogP contribution in [0.5, 0.6) is 0 Å². The summed E-state index contributed by atoms with van der Waals surface area (Å²) in [6.45, 7) is 5.50. The molecule has 1 aromatic heterocycles. The highest BCUT2D eigenvalue weighted by molar-refractivity contribution is 6.30. The van der Waals surface area contributed by atoms with Crippen LogP contribution < -0.4 is 0 Å². The normalized spacial score (nSPS) is 19.3. The molecule has 2 aromatic rings. The fourth-order valence-corrected chi connectivity index (χ4v) is 3.11. The first-order valence-electron chi connectivity index (χ1n) is 8.46. The van der Waals surface area contributed by atoms with Crippen LogP contribution in [0.25, 0.3) is 11.4 Å². The van der Waals surface area contributed by atoms with Gasteiger partial charge in [0, 0.05) is 29.6 Å². The second-order valence-electron chi connectivity index (χ2n) is 6.40. The molecule has 0 bridgehead atoms. The molecule has 1 aliphatic rings. The Morgan fingerprint density at radius 2 is 2.17 bits per heavy atom. The Morgan fingerprint density at radius 3 is 2.88 bits per heavy atom. The lowest BCUT2D eigenvalue weighted by molar-refractivity contribution is -0.136. The summed E-state index contributed by atoms with van der Waals surface area (Å²) in [6, 6.07) is 7.35. The summed E-state index contributed by atoms with van der Waals surface area (Å²) in [4.78, 5) is 18.9. The van der Waals surface area contributed by atoms with Crippen LogP contribution >= 0.6 is 11.6 Å². The molecule has 5 nitrogen and oxygen atoms in total. The van der Waals surface area contributed by atoms with Crippen molar-refractivity contribution in [3.63, 3.8) is 0 Å². The van der Waals surface area contributed by atoms with Gasteiger partial charge in [-0.05, 0) is 43.5 Å². The van der Waals surface area contributed by atoms with Crippen LogP contribution in [0.4, 0.5) is 0 Å². The Balaban J connectivity index is 1.72. The topological polar surface area (TPSA) is 59.2 Å². The molecular weight excluding hydrogens is 326 g/mol. The lowest BCUT2D eigenvalue weighted by atomic mass is 9.96. The van der Waals surface area contributed by atoms with Crippen LogP contribution in [0.3, 0.4) is 0 Å². The minimum absolute atomic E-state index is 0.0658. The van der Waals surface area contributed by atoms with E-state index >= 15 is 0 Å². The van der Waals surface area contributed by atoms with Gasteiger partial charge < -0.3 is 9.42 Å². The van der Waals surface area contributed by atoms with Crippen molar-refractivity contribution in [2.45, 2.75) is 39.0 Å². The van der Waals surface area contributed by atoms with Gasteiger partial charge in [0.25, 0.3) is 0 Å². The fraction of sp³-hybridized carbons (Fsp3) is 0.500. The number of carbonyl (C=O) groups is 1. The summed E-state index contributed by atoms with van der Waals surface area (Å²) in [5.74, 6) is 1.57. The molecule has 3 rings (SSSR count). The van der Waals surface area contributed by atoms with Crippen molar-refractivity contribution in [2.75, 3.05) is 13.1 Å². The molecule has 2 heterocycles. The molecule has 0 radical (unpaired) electrons. The monoisotopic (exact) mass is 347 g/mol. The van der Waals surface area contributed by atoms with Crippen LogP contribution in [0.2, 0.25) is 5.02 Å². The van der Waals surface area contributed by atoms with Crippen molar-refractivity contribution in [1.29, 1.82) is 0 Å². The van der Waals surface area contributed by atoms with Gasteiger partial charge in [-0.2, -0.15) is 4.98 Å². The number of halogens is 1. The molecule has 1 aromatic carbocycles. The number of rotatable bonds is 4. The second-order valence-corrected chi connectivity index (χ2v) is 6.83. The smallest absolute Gasteiger partial charge is 0.231 e. The van der Waals surface area contributed by atoms with Crippen molar-refractivity contribution >= 4 is 17.5 Å². The van der Waals surface area contributed by atoms with Gasteiger partial charge in [-0.3, -0.25) is 4.79 Å². The van der Waals surface area contributed by atoms with E-state index in [0.29, 0.717) is 23.3 Å². The SMILES string of the molecule is CC[C@H](C)C(=O)N1CCC[C@H](c2nc(-c3ccc(Cl)cc3)no2)C1. The second kappa shape index (κ2) is 7.34. The van der Waals surface area contributed by atoms with Crippen molar-refractivity contribution in [1.82, 2.24) is 15.0 Å². The van der Waals surface area contributed by atoms with E-state index in [1.165, 1.54) is 0 Å². The average molecular weight is 348 g/mol. The lowest BCUT2D eigenvalue weighted by Crippen LogP contribution is -2.41. The minimum Gasteiger partial charge on any atom is -0.342 e. The molecule has 1 aliphatic heterocycles. The van der Waals surface area contributed by atoms with E-state index in [9.17, 15) is 4.79 Å². The Morgan fingerprint density at radius 1 is 1.42 bits per heavy atom. The quantitative estimate of drug-likeness (QED) is 0.833. The highest BCUT2D eigenvalue weighted by Crippen LogP contribution is 2.28. The van der Waals surface area contributed by atoms with Gasteiger partial charge >= 0.3 is 0 Å². The summed E-state index contributed by atoms with van der Waals surface area (Å²) in [6.07, 6.45) is 2.79. The molecule has 2 atom stereocenters. The number of likely N-dealkylation sites (tertiary alicyclic amines) is 1. The molecule has 0 N–H and O–H groups in total. The van der Waals surface area contributed by atoms with Crippen molar-refractivity contribution < 1.29 is 9.32 Å². The predicted molar refractivity (Wildman–Crippen MR) is 92.8 cm³/mol. The summed E-state index contributed by atoms with van der Waals surface area (Å²) >= 11 is 5.91. The third-order valence-corrected chi connectivity index (χ3v) is 4.91. The molecular formula is C18H22ClN3O2. The molecule has 128 valence electrons. The minimum atomic E-state index is 0.0658. The van der Waals surface area contributed by atoms with Crippen LogP contribution in [0, 0.1) is 5.92 Å². The van der Waals surface area contributed by atoms with E-state index < -0.39 is 0 Å². The zero-order valence-electron chi connectivity index (χ0n) is 14.0. The first-order valence-corrected chi connectivity index (χ1v) is 8.84. The lowest BCUT2D eigenvalue weighted by Gasteiger charge is -2.32. The van der Waals surface area contributed by atoms with Crippen molar-refractivity contribution in [3.8, 4) is 11.4 Å². The maximum atomic E-state index is 12.4. The van der Waals surface area contributed by atoms with Gasteiger partial charge in [0.15, 0.2) is 0 Å². The zero-order chi connectivity index (χ0) is 17.1. The fourth-order valence-electron chi connectivity index (χ4n) is 2.98. The van der Waals surface area contributed by atoms with Crippen molar-refractivity contribution in [2.24, 2.45) is 5.92 Å². The highest BCUT2D eigenvalue weighted by atomic mass is 35.5. The number of nitrogens with zero attached hydrogens (tertiary/aromatic N) is 3. The van der Waals surface area contributed by atoms with Gasteiger partial charge in [0.2, 0.25) is 17.6 Å². The zero-order valence-corrected chi connectivity index (χ0v) is 14.8. The molecule has 1 fully saturated rings. The van der Waals surface area contributed by atoms with E-state index in [1.807, 2.05) is 30.9 Å². The number of piperidine rings is 1. The van der Waals surface area contributed by atoms with Crippen LogP contribution in [-0.2, 0) is 4.79 Å². The summed E-state index contributed by atoms with van der Waals surface area (Å²) in [5.41, 5.74) is 0.873. The third-order valence-electron chi connectivity index (χ3n) is 4.66. The molecule has 6 heteroatoms. The number of carbonyl (C=O) groups excluding carboxylic acids is 1. The Kier molecular flexibility index (Phi) is 5.19. The molecule has 0 aliphatic carbocycles. The molecule has 0 saturated carbocycles. The van der Waals surface area contributed by atoms with Gasteiger partial charge in [0.05, 0.1) is 5.92 Å². The average Bonchev–Trinajstić information content (AvgIpc) is 3.11. The van der Waals surface area contributed by atoms with Gasteiger partial charge in [-0.1, -0.05) is 30.6 Å². The first kappa shape index (κ1) is 17.0. The molecule has 24 heavy (non-hydrogen) atoms. The van der Waals surface area contributed by atoms with Crippen molar-refractivity contribution in [3.05, 3.63) is 35.2 Å². The maximum absolute atomic E-state index is 12.4. The summed E-state index contributed by atoms with van der Waals surface area (Å²) < 4.78 is 5.47. The first-order chi connectivity index (χ1) is 11.6. The van der Waals surface area contributed by atoms with Crippen LogP contribution in [0.15, 0.2) is 28.8 Å². The predicted octanol–water partition coefficient (Wildman–Crippen LogP) is 4.14. The Labute approximate surface area is 147 Å². The number of hydrogen-bond donors (Lipinski definition) is 0. The number of amides is 1.